The zero-order chi connectivity index (χ0) is 23.1. The summed E-state index contributed by atoms with van der Waals surface area (Å²) in [5.74, 6) is -1.35. The molecular formula is C15H9Cl2F6N2NaO4S. The summed E-state index contributed by atoms with van der Waals surface area (Å²) in [6.07, 6.45) is -9.48. The van der Waals surface area contributed by atoms with E-state index in [0.717, 1.165) is 18.2 Å². The van der Waals surface area contributed by atoms with Crippen molar-refractivity contribution in [1.82, 2.24) is 9.07 Å². The Balaban J connectivity index is 0.000000721. The fraction of sp³-hybridized carbons (Fsp3) is 0.133. The van der Waals surface area contributed by atoms with Gasteiger partial charge in [0.15, 0.2) is 0 Å². The molecule has 16 heteroatoms. The monoisotopic (exact) mass is 520 g/mol. The van der Waals surface area contributed by atoms with Gasteiger partial charge in [-0.2, -0.15) is 34.8 Å². The molecule has 2 aromatic carbocycles. The Hall–Kier alpha value is -1.06. The Labute approximate surface area is 202 Å². The first-order valence-corrected chi connectivity index (χ1v) is 9.42. The number of alkyl halides is 6. The molecule has 0 saturated heterocycles. The molecule has 0 radical (unpaired) electrons. The molecule has 0 aliphatic carbocycles. The summed E-state index contributed by atoms with van der Waals surface area (Å²) in [6.45, 7) is 0. The van der Waals surface area contributed by atoms with Crippen LogP contribution < -0.4 is 0 Å². The zero-order valence-electron chi connectivity index (χ0n) is 14.0. The molecule has 31 heavy (non-hydrogen) atoms. The normalized spacial score (nSPS) is 12.2. The zero-order valence-corrected chi connectivity index (χ0v) is 16.3. The molecule has 3 aromatic rings. The van der Waals surface area contributed by atoms with Crippen molar-refractivity contribution in [3.63, 3.8) is 0 Å². The Morgan fingerprint density at radius 3 is 1.97 bits per heavy atom. The Kier molecular flexibility index (Phi) is 8.87. The minimum absolute atomic E-state index is 0. The van der Waals surface area contributed by atoms with E-state index in [2.05, 4.69) is 4.98 Å². The average molecular weight is 521 g/mol. The molecule has 1 aromatic heterocycles. The van der Waals surface area contributed by atoms with Crippen molar-refractivity contribution in [2.45, 2.75) is 12.4 Å². The summed E-state index contributed by atoms with van der Waals surface area (Å²) in [4.78, 5) is 3.37. The SMILES string of the molecule is FC(F)(F)c1cc(Cl)ccc1-c1ccc2nc(C(F)(F)F)n(Cl)c2c1.O=S(=O)(O)O.[NaH]. The number of hydrogen-bond acceptors (Lipinski definition) is 3. The Morgan fingerprint density at radius 2 is 1.48 bits per heavy atom. The molecule has 2 N–H and O–H groups in total. The van der Waals surface area contributed by atoms with Gasteiger partial charge in [-0.25, -0.2) is 9.07 Å². The summed E-state index contributed by atoms with van der Waals surface area (Å²) < 4.78 is 110. The number of nitrogens with zero attached hydrogens (tertiary/aromatic N) is 2. The Bertz CT molecular complexity index is 1190. The predicted octanol–water partition coefficient (Wildman–Crippen LogP) is 5.09. The van der Waals surface area contributed by atoms with Gasteiger partial charge < -0.3 is 0 Å². The number of rotatable bonds is 1. The number of hydrogen-bond donors (Lipinski definition) is 2. The average Bonchev–Trinajstić information content (AvgIpc) is 2.89. The first kappa shape index (κ1) is 28.0. The van der Waals surface area contributed by atoms with E-state index in [9.17, 15) is 26.3 Å². The molecule has 166 valence electrons. The molecule has 0 unspecified atom stereocenters. The van der Waals surface area contributed by atoms with Crippen molar-refractivity contribution >= 4 is 74.4 Å². The van der Waals surface area contributed by atoms with E-state index in [1.54, 1.807) is 0 Å². The molecule has 0 saturated carbocycles. The minimum atomic E-state index is -4.79. The molecule has 0 aliphatic heterocycles. The summed E-state index contributed by atoms with van der Waals surface area (Å²) >= 11 is 11.3. The molecule has 3 rings (SSSR count). The second kappa shape index (κ2) is 9.83. The fourth-order valence-corrected chi connectivity index (χ4v) is 2.83. The fourth-order valence-electron chi connectivity index (χ4n) is 2.39. The molecule has 0 aliphatic rings. The van der Waals surface area contributed by atoms with Crippen LogP contribution in [0.3, 0.4) is 0 Å². The van der Waals surface area contributed by atoms with Crippen LogP contribution in [-0.4, -0.2) is 56.2 Å². The standard InChI is InChI=1S/C15H6Cl2F6N2.Na.H2O4S.H/c16-8-2-3-9(10(6-8)14(18,19)20)7-1-4-11-12(5-7)25(17)13(24-11)15(21,22)23;;1-5(2,3)4;/h1-6H;;(H2,1,2,3,4);. The molecule has 6 nitrogen and oxygen atoms in total. The third-order valence-electron chi connectivity index (χ3n) is 3.45. The summed E-state index contributed by atoms with van der Waals surface area (Å²) in [5.41, 5.74) is -1.45. The third-order valence-corrected chi connectivity index (χ3v) is 4.03. The van der Waals surface area contributed by atoms with Crippen LogP contribution in [0.25, 0.3) is 22.2 Å². The van der Waals surface area contributed by atoms with Gasteiger partial charge in [0, 0.05) is 16.8 Å². The van der Waals surface area contributed by atoms with E-state index in [1.165, 1.54) is 18.2 Å². The van der Waals surface area contributed by atoms with E-state index in [4.69, 9.17) is 40.9 Å². The summed E-state index contributed by atoms with van der Waals surface area (Å²) in [5, 5.41) is -0.112. The van der Waals surface area contributed by atoms with Gasteiger partial charge in [-0.15, -0.1) is 0 Å². The second-order valence-corrected chi connectivity index (χ2v) is 7.22. The molecule has 0 atom stereocenters. The number of halogens is 8. The molecule has 0 amide bonds. The number of aromatic nitrogens is 2. The predicted molar refractivity (Wildman–Crippen MR) is 103 cm³/mol. The first-order valence-electron chi connectivity index (χ1n) is 7.31. The van der Waals surface area contributed by atoms with Gasteiger partial charge in [0.05, 0.1) is 16.6 Å². The molecule has 0 bridgehead atoms. The van der Waals surface area contributed by atoms with E-state index in [-0.39, 0.29) is 60.8 Å². The van der Waals surface area contributed by atoms with E-state index < -0.39 is 34.1 Å². The topological polar surface area (TPSA) is 92.4 Å². The van der Waals surface area contributed by atoms with Crippen LogP contribution in [0.1, 0.15) is 11.4 Å². The van der Waals surface area contributed by atoms with Gasteiger partial charge in [0.25, 0.3) is 0 Å². The van der Waals surface area contributed by atoms with Crippen LogP contribution >= 0.6 is 23.4 Å². The van der Waals surface area contributed by atoms with Gasteiger partial charge in [-0.3, -0.25) is 9.11 Å². The third kappa shape index (κ3) is 7.49. The Morgan fingerprint density at radius 1 is 0.935 bits per heavy atom. The van der Waals surface area contributed by atoms with Crippen LogP contribution in [0.15, 0.2) is 36.4 Å². The van der Waals surface area contributed by atoms with Gasteiger partial charge >= 0.3 is 52.3 Å². The maximum absolute atomic E-state index is 13.2. The molecule has 0 spiro atoms. The number of fused-ring (bicyclic) bond motifs is 1. The number of imidazole rings is 1. The molecule has 0 fully saturated rings. The van der Waals surface area contributed by atoms with Crippen molar-refractivity contribution < 1.29 is 43.9 Å². The van der Waals surface area contributed by atoms with E-state index in [1.807, 2.05) is 0 Å². The van der Waals surface area contributed by atoms with Crippen LogP contribution in [0.4, 0.5) is 26.3 Å². The van der Waals surface area contributed by atoms with E-state index >= 15 is 0 Å². The van der Waals surface area contributed by atoms with Crippen LogP contribution in [-0.2, 0) is 22.8 Å². The van der Waals surface area contributed by atoms with Crippen LogP contribution in [0, 0.1) is 0 Å². The van der Waals surface area contributed by atoms with Crippen molar-refractivity contribution in [2.75, 3.05) is 0 Å². The van der Waals surface area contributed by atoms with E-state index in [0.29, 0.717) is 0 Å². The van der Waals surface area contributed by atoms with Gasteiger partial charge in [-0.1, -0.05) is 23.7 Å². The summed E-state index contributed by atoms with van der Waals surface area (Å²) in [6, 6.07) is 6.68. The first-order chi connectivity index (χ1) is 13.5. The van der Waals surface area contributed by atoms with Crippen molar-refractivity contribution in [1.29, 1.82) is 0 Å². The van der Waals surface area contributed by atoms with Gasteiger partial charge in [0.2, 0.25) is 5.82 Å². The van der Waals surface area contributed by atoms with Crippen molar-refractivity contribution in [3.05, 3.63) is 52.8 Å². The molecule has 1 heterocycles. The van der Waals surface area contributed by atoms with Gasteiger partial charge in [-0.05, 0) is 35.4 Å². The maximum atomic E-state index is 13.2. The van der Waals surface area contributed by atoms with Crippen LogP contribution in [0.2, 0.25) is 5.02 Å². The number of benzene rings is 2. The van der Waals surface area contributed by atoms with Crippen molar-refractivity contribution in [3.8, 4) is 11.1 Å². The summed E-state index contributed by atoms with van der Waals surface area (Å²) in [7, 11) is -4.67. The molecular weight excluding hydrogens is 512 g/mol. The van der Waals surface area contributed by atoms with Crippen LogP contribution in [0.5, 0.6) is 0 Å². The van der Waals surface area contributed by atoms with Crippen molar-refractivity contribution in [2.24, 2.45) is 0 Å². The second-order valence-electron chi connectivity index (χ2n) is 5.55. The van der Waals surface area contributed by atoms with Gasteiger partial charge in [0.1, 0.15) is 0 Å². The quantitative estimate of drug-likeness (QED) is 0.265.